The molecule has 0 saturated heterocycles. The van der Waals surface area contributed by atoms with Crippen LogP contribution in [0.3, 0.4) is 0 Å². The highest BCUT2D eigenvalue weighted by molar-refractivity contribution is 7.89. The maximum atomic E-state index is 13.1. The summed E-state index contributed by atoms with van der Waals surface area (Å²) in [5.74, 6) is -0.154. The molecule has 0 radical (unpaired) electrons. The fourth-order valence-corrected chi connectivity index (χ4v) is 5.27. The Morgan fingerprint density at radius 1 is 1.23 bits per heavy atom. The lowest BCUT2D eigenvalue weighted by Gasteiger charge is -2.21. The van der Waals surface area contributed by atoms with E-state index < -0.39 is 15.9 Å². The van der Waals surface area contributed by atoms with Gasteiger partial charge in [0.15, 0.2) is 0 Å². The molecule has 2 heterocycles. The van der Waals surface area contributed by atoms with E-state index in [-0.39, 0.29) is 10.6 Å². The standard InChI is InChI=1S/C18H22N6O4S2/c1-4-23(5-2)30(26,27)16-11-13(7-8-15(16)28-6-3)20-18(25)17-14(9-10-29-17)24-12-19-21-22-24/h7-12H,4-6H2,1-3H3,(H,20,25). The molecule has 0 aliphatic rings. The molecule has 1 amide bonds. The quantitative estimate of drug-likeness (QED) is 0.531. The largest absolute Gasteiger partial charge is 0.492 e. The summed E-state index contributed by atoms with van der Waals surface area (Å²) in [5, 5.41) is 15.5. The van der Waals surface area contributed by atoms with E-state index in [1.807, 2.05) is 0 Å². The fourth-order valence-electron chi connectivity index (χ4n) is 2.88. The van der Waals surface area contributed by atoms with Crippen molar-refractivity contribution in [1.82, 2.24) is 24.5 Å². The smallest absolute Gasteiger partial charge is 0.267 e. The van der Waals surface area contributed by atoms with Crippen molar-refractivity contribution in [3.05, 3.63) is 40.8 Å². The normalized spacial score (nSPS) is 11.6. The minimum Gasteiger partial charge on any atom is -0.492 e. The Morgan fingerprint density at radius 2 is 2.00 bits per heavy atom. The van der Waals surface area contributed by atoms with Crippen molar-refractivity contribution in [2.24, 2.45) is 0 Å². The Kier molecular flexibility index (Phi) is 6.80. The molecule has 0 aliphatic heterocycles. The monoisotopic (exact) mass is 450 g/mol. The van der Waals surface area contributed by atoms with Gasteiger partial charge in [0, 0.05) is 18.8 Å². The van der Waals surface area contributed by atoms with E-state index in [1.165, 1.54) is 32.7 Å². The van der Waals surface area contributed by atoms with Gasteiger partial charge < -0.3 is 10.1 Å². The minimum atomic E-state index is -3.78. The summed E-state index contributed by atoms with van der Waals surface area (Å²) in [7, 11) is -3.78. The fraction of sp³-hybridized carbons (Fsp3) is 0.333. The first-order chi connectivity index (χ1) is 14.4. The first-order valence-corrected chi connectivity index (χ1v) is 11.6. The molecule has 0 saturated carbocycles. The van der Waals surface area contributed by atoms with Crippen LogP contribution in [0.2, 0.25) is 0 Å². The molecule has 30 heavy (non-hydrogen) atoms. The van der Waals surface area contributed by atoms with Crippen molar-refractivity contribution >= 4 is 33.0 Å². The van der Waals surface area contributed by atoms with E-state index in [1.54, 1.807) is 44.4 Å². The molecule has 2 aromatic heterocycles. The van der Waals surface area contributed by atoms with Gasteiger partial charge >= 0.3 is 0 Å². The second-order valence-corrected chi connectivity index (χ2v) is 8.85. The second-order valence-electron chi connectivity index (χ2n) is 6.03. The number of rotatable bonds is 9. The maximum Gasteiger partial charge on any atom is 0.267 e. The van der Waals surface area contributed by atoms with Gasteiger partial charge in [-0.3, -0.25) is 4.79 Å². The number of amides is 1. The van der Waals surface area contributed by atoms with Crippen LogP contribution in [0.1, 0.15) is 30.4 Å². The first kappa shape index (κ1) is 21.9. The summed E-state index contributed by atoms with van der Waals surface area (Å²) in [6.45, 7) is 6.28. The summed E-state index contributed by atoms with van der Waals surface area (Å²) in [4.78, 5) is 13.2. The third kappa shape index (κ3) is 4.35. The average Bonchev–Trinajstić information content (AvgIpc) is 3.41. The molecule has 0 bridgehead atoms. The van der Waals surface area contributed by atoms with Crippen LogP contribution in [0.25, 0.3) is 5.69 Å². The molecule has 1 aromatic carbocycles. The molecular weight excluding hydrogens is 428 g/mol. The van der Waals surface area contributed by atoms with Gasteiger partial charge in [-0.05, 0) is 47.0 Å². The van der Waals surface area contributed by atoms with E-state index in [0.717, 1.165) is 0 Å². The van der Waals surface area contributed by atoms with Gasteiger partial charge in [0.05, 0.1) is 12.3 Å². The molecule has 0 aliphatic carbocycles. The number of hydrogen-bond donors (Lipinski definition) is 1. The van der Waals surface area contributed by atoms with Gasteiger partial charge in [0.1, 0.15) is 21.8 Å². The third-order valence-electron chi connectivity index (χ3n) is 4.27. The lowest BCUT2D eigenvalue weighted by molar-refractivity contribution is 0.103. The van der Waals surface area contributed by atoms with Crippen molar-refractivity contribution in [2.45, 2.75) is 25.7 Å². The van der Waals surface area contributed by atoms with E-state index in [9.17, 15) is 13.2 Å². The van der Waals surface area contributed by atoms with Crippen LogP contribution in [0.5, 0.6) is 5.75 Å². The highest BCUT2D eigenvalue weighted by Gasteiger charge is 2.26. The third-order valence-corrected chi connectivity index (χ3v) is 7.24. The molecule has 0 fully saturated rings. The van der Waals surface area contributed by atoms with Gasteiger partial charge in [-0.15, -0.1) is 16.4 Å². The van der Waals surface area contributed by atoms with E-state index >= 15 is 0 Å². The van der Waals surface area contributed by atoms with Crippen molar-refractivity contribution < 1.29 is 17.9 Å². The molecule has 3 aromatic rings. The van der Waals surface area contributed by atoms with E-state index in [0.29, 0.717) is 35.9 Å². The minimum absolute atomic E-state index is 0.0118. The molecule has 0 atom stereocenters. The van der Waals surface area contributed by atoms with E-state index in [2.05, 4.69) is 20.8 Å². The number of aromatic nitrogens is 4. The van der Waals surface area contributed by atoms with Crippen LogP contribution in [-0.4, -0.2) is 58.5 Å². The van der Waals surface area contributed by atoms with Gasteiger partial charge in [-0.1, -0.05) is 13.8 Å². The molecule has 160 valence electrons. The van der Waals surface area contributed by atoms with Crippen LogP contribution >= 0.6 is 11.3 Å². The van der Waals surface area contributed by atoms with Crippen molar-refractivity contribution in [3.8, 4) is 11.4 Å². The number of sulfonamides is 1. The number of nitrogens with one attached hydrogen (secondary N) is 1. The van der Waals surface area contributed by atoms with Crippen molar-refractivity contribution in [3.63, 3.8) is 0 Å². The summed E-state index contributed by atoms with van der Waals surface area (Å²) in [6.07, 6.45) is 1.39. The number of hydrogen-bond acceptors (Lipinski definition) is 8. The molecular formula is C18H22N6O4S2. The predicted molar refractivity (Wildman–Crippen MR) is 113 cm³/mol. The zero-order valence-corrected chi connectivity index (χ0v) is 18.4. The Morgan fingerprint density at radius 3 is 2.63 bits per heavy atom. The van der Waals surface area contributed by atoms with Gasteiger partial charge in [-0.2, -0.15) is 8.99 Å². The van der Waals surface area contributed by atoms with Crippen LogP contribution in [-0.2, 0) is 10.0 Å². The number of thiophene rings is 1. The predicted octanol–water partition coefficient (Wildman–Crippen LogP) is 2.41. The molecule has 0 unspecified atom stereocenters. The zero-order valence-electron chi connectivity index (χ0n) is 16.8. The number of carbonyl (C=O) groups excluding carboxylic acids is 1. The van der Waals surface area contributed by atoms with Crippen LogP contribution in [0.15, 0.2) is 40.9 Å². The van der Waals surface area contributed by atoms with Crippen LogP contribution in [0.4, 0.5) is 5.69 Å². The molecule has 10 nitrogen and oxygen atoms in total. The average molecular weight is 451 g/mol. The van der Waals surface area contributed by atoms with Crippen LogP contribution < -0.4 is 10.1 Å². The highest BCUT2D eigenvalue weighted by Crippen LogP contribution is 2.31. The highest BCUT2D eigenvalue weighted by atomic mass is 32.2. The molecule has 0 spiro atoms. The maximum absolute atomic E-state index is 13.1. The summed E-state index contributed by atoms with van der Waals surface area (Å²) in [5.41, 5.74) is 0.870. The summed E-state index contributed by atoms with van der Waals surface area (Å²) >= 11 is 1.23. The second kappa shape index (κ2) is 9.32. The topological polar surface area (TPSA) is 119 Å². The van der Waals surface area contributed by atoms with Crippen molar-refractivity contribution in [1.29, 1.82) is 0 Å². The van der Waals surface area contributed by atoms with E-state index in [4.69, 9.17) is 4.74 Å². The van der Waals surface area contributed by atoms with Crippen molar-refractivity contribution in [2.75, 3.05) is 25.0 Å². The number of nitrogens with zero attached hydrogens (tertiary/aromatic N) is 5. The number of carbonyl (C=O) groups is 1. The lowest BCUT2D eigenvalue weighted by Crippen LogP contribution is -2.31. The number of tetrazole rings is 1. The lowest BCUT2D eigenvalue weighted by atomic mass is 10.3. The molecule has 3 rings (SSSR count). The van der Waals surface area contributed by atoms with Gasteiger partial charge in [0.25, 0.3) is 5.91 Å². The number of anilines is 1. The number of benzene rings is 1. The Hall–Kier alpha value is -2.83. The summed E-state index contributed by atoms with van der Waals surface area (Å²) < 4.78 is 34.4. The van der Waals surface area contributed by atoms with Crippen LogP contribution in [0, 0.1) is 0 Å². The Labute approximate surface area is 178 Å². The zero-order chi connectivity index (χ0) is 21.7. The van der Waals surface area contributed by atoms with Gasteiger partial charge in [0.2, 0.25) is 10.0 Å². The van der Waals surface area contributed by atoms with Gasteiger partial charge in [-0.25, -0.2) is 8.42 Å². The molecule has 1 N–H and O–H groups in total. The molecule has 12 heteroatoms. The number of ether oxygens (including phenoxy) is 1. The Balaban J connectivity index is 1.95. The Bertz CT molecular complexity index is 1110. The first-order valence-electron chi connectivity index (χ1n) is 9.31. The SMILES string of the molecule is CCOc1ccc(NC(=O)c2sccc2-n2cnnn2)cc1S(=O)(=O)N(CC)CC. The summed E-state index contributed by atoms with van der Waals surface area (Å²) in [6, 6.07) is 6.30.